The minimum atomic E-state index is 0.0485. The van der Waals surface area contributed by atoms with Crippen LogP contribution in [0.5, 0.6) is 0 Å². The van der Waals surface area contributed by atoms with E-state index < -0.39 is 0 Å². The van der Waals surface area contributed by atoms with E-state index in [2.05, 4.69) is 15.3 Å². The molecule has 0 aromatic carbocycles. The zero-order valence-corrected chi connectivity index (χ0v) is 9.26. The fourth-order valence-corrected chi connectivity index (χ4v) is 1.85. The molecule has 0 amide bonds. The Hall–Kier alpha value is -1.16. The van der Waals surface area contributed by atoms with Gasteiger partial charge in [-0.25, -0.2) is 4.98 Å². The van der Waals surface area contributed by atoms with Crippen molar-refractivity contribution in [1.29, 1.82) is 0 Å². The Labute approximate surface area is 89.1 Å². The van der Waals surface area contributed by atoms with Gasteiger partial charge in [-0.3, -0.25) is 4.79 Å². The third-order valence-corrected chi connectivity index (χ3v) is 2.76. The number of aromatic amines is 1. The minimum absolute atomic E-state index is 0.0485. The molecule has 0 saturated carbocycles. The van der Waals surface area contributed by atoms with Gasteiger partial charge in [0.25, 0.3) is 5.56 Å². The van der Waals surface area contributed by atoms with Gasteiger partial charge >= 0.3 is 0 Å². The minimum Gasteiger partial charge on any atom is -0.316 e. The van der Waals surface area contributed by atoms with Crippen molar-refractivity contribution < 1.29 is 0 Å². The lowest BCUT2D eigenvalue weighted by Gasteiger charge is -2.08. The van der Waals surface area contributed by atoms with E-state index in [9.17, 15) is 4.79 Å². The van der Waals surface area contributed by atoms with Gasteiger partial charge in [0.05, 0.1) is 5.69 Å². The smallest absolute Gasteiger partial charge is 0.254 e. The van der Waals surface area contributed by atoms with Crippen LogP contribution in [0.15, 0.2) is 4.79 Å². The molecular formula is C11H17N3O. The Morgan fingerprint density at radius 3 is 2.73 bits per heavy atom. The van der Waals surface area contributed by atoms with Crippen LogP contribution < -0.4 is 10.9 Å². The highest BCUT2D eigenvalue weighted by molar-refractivity contribution is 5.20. The molecule has 0 fully saturated rings. The highest BCUT2D eigenvalue weighted by Crippen LogP contribution is 2.11. The van der Waals surface area contributed by atoms with E-state index in [0.717, 1.165) is 43.0 Å². The van der Waals surface area contributed by atoms with Crippen molar-refractivity contribution in [3.05, 3.63) is 27.4 Å². The molecule has 82 valence electrons. The van der Waals surface area contributed by atoms with Crippen molar-refractivity contribution in [2.45, 2.75) is 32.6 Å². The van der Waals surface area contributed by atoms with Crippen molar-refractivity contribution in [2.75, 3.05) is 13.1 Å². The summed E-state index contributed by atoms with van der Waals surface area (Å²) in [4.78, 5) is 19.2. The molecule has 0 unspecified atom stereocenters. The molecule has 4 heteroatoms. The van der Waals surface area contributed by atoms with Crippen LogP contribution in [0.3, 0.4) is 0 Å². The first-order valence-electron chi connectivity index (χ1n) is 5.51. The maximum atomic E-state index is 11.8. The number of fused-ring (bicyclic) bond motifs is 1. The second-order valence-corrected chi connectivity index (χ2v) is 4.28. The molecule has 2 heterocycles. The number of aromatic nitrogens is 2. The number of hydrogen-bond acceptors (Lipinski definition) is 3. The van der Waals surface area contributed by atoms with Gasteiger partial charge in [-0.05, 0) is 13.0 Å². The van der Waals surface area contributed by atoms with Crippen molar-refractivity contribution in [3.63, 3.8) is 0 Å². The predicted molar refractivity (Wildman–Crippen MR) is 59.2 cm³/mol. The first-order chi connectivity index (χ1) is 7.18. The van der Waals surface area contributed by atoms with Gasteiger partial charge < -0.3 is 10.3 Å². The summed E-state index contributed by atoms with van der Waals surface area (Å²) in [7, 11) is 0. The number of H-pyrrole nitrogens is 1. The molecule has 1 aliphatic rings. The normalized spacial score (nSPS) is 16.2. The first-order valence-corrected chi connectivity index (χ1v) is 5.51. The fraction of sp³-hybridized carbons (Fsp3) is 0.636. The average molecular weight is 207 g/mol. The standard InChI is InChI=1S/C11H17N3O/c1-7(2)10-13-9-4-6-12-5-3-8(9)11(15)14-10/h7,12H,3-6H2,1-2H3,(H,13,14,15). The summed E-state index contributed by atoms with van der Waals surface area (Å²) in [6.07, 6.45) is 1.65. The van der Waals surface area contributed by atoms with Gasteiger partial charge in [0.2, 0.25) is 0 Å². The Kier molecular flexibility index (Phi) is 2.86. The lowest BCUT2D eigenvalue weighted by Crippen LogP contribution is -2.21. The highest BCUT2D eigenvalue weighted by atomic mass is 16.1. The Morgan fingerprint density at radius 2 is 2.00 bits per heavy atom. The van der Waals surface area contributed by atoms with E-state index in [4.69, 9.17) is 0 Å². The lowest BCUT2D eigenvalue weighted by molar-refractivity contribution is 0.705. The largest absolute Gasteiger partial charge is 0.316 e. The predicted octanol–water partition coefficient (Wildman–Crippen LogP) is 0.581. The summed E-state index contributed by atoms with van der Waals surface area (Å²) in [5.41, 5.74) is 1.89. The summed E-state index contributed by atoms with van der Waals surface area (Å²) >= 11 is 0. The SMILES string of the molecule is CC(C)c1nc2c(c(=O)[nH]1)CCNCC2. The number of nitrogens with zero attached hydrogens (tertiary/aromatic N) is 1. The van der Waals surface area contributed by atoms with Crippen molar-refractivity contribution in [3.8, 4) is 0 Å². The summed E-state index contributed by atoms with van der Waals surface area (Å²) < 4.78 is 0. The lowest BCUT2D eigenvalue weighted by atomic mass is 10.1. The molecule has 1 aromatic heterocycles. The van der Waals surface area contributed by atoms with Gasteiger partial charge in [-0.1, -0.05) is 13.8 Å². The van der Waals surface area contributed by atoms with Gasteiger partial charge in [0.15, 0.2) is 0 Å². The highest BCUT2D eigenvalue weighted by Gasteiger charge is 2.14. The molecule has 0 atom stereocenters. The Morgan fingerprint density at radius 1 is 1.27 bits per heavy atom. The summed E-state index contributed by atoms with van der Waals surface area (Å²) in [6, 6.07) is 0. The number of nitrogens with one attached hydrogen (secondary N) is 2. The van der Waals surface area contributed by atoms with Crippen molar-refractivity contribution in [2.24, 2.45) is 0 Å². The van der Waals surface area contributed by atoms with E-state index in [1.54, 1.807) is 0 Å². The first kappa shape index (κ1) is 10.4. The quantitative estimate of drug-likeness (QED) is 0.708. The second kappa shape index (κ2) is 4.14. The van der Waals surface area contributed by atoms with Gasteiger partial charge in [-0.15, -0.1) is 0 Å². The molecule has 0 bridgehead atoms. The van der Waals surface area contributed by atoms with Crippen molar-refractivity contribution in [1.82, 2.24) is 15.3 Å². The molecule has 0 aliphatic carbocycles. The zero-order chi connectivity index (χ0) is 10.8. The second-order valence-electron chi connectivity index (χ2n) is 4.28. The maximum Gasteiger partial charge on any atom is 0.254 e. The monoisotopic (exact) mass is 207 g/mol. The molecule has 0 saturated heterocycles. The van der Waals surface area contributed by atoms with E-state index >= 15 is 0 Å². The molecule has 2 rings (SSSR count). The van der Waals surface area contributed by atoms with Gasteiger partial charge in [-0.2, -0.15) is 0 Å². The third-order valence-electron chi connectivity index (χ3n) is 2.76. The number of hydrogen-bond donors (Lipinski definition) is 2. The molecule has 4 nitrogen and oxygen atoms in total. The van der Waals surface area contributed by atoms with E-state index in [1.165, 1.54) is 0 Å². The Bertz CT molecular complexity index is 409. The average Bonchev–Trinajstić information content (AvgIpc) is 2.42. The fourth-order valence-electron chi connectivity index (χ4n) is 1.85. The van der Waals surface area contributed by atoms with E-state index in [0.29, 0.717) is 0 Å². The van der Waals surface area contributed by atoms with Crippen LogP contribution in [-0.2, 0) is 12.8 Å². The molecule has 1 aromatic rings. The van der Waals surface area contributed by atoms with Crippen LogP contribution in [0.25, 0.3) is 0 Å². The molecule has 0 radical (unpaired) electrons. The van der Waals surface area contributed by atoms with Gasteiger partial charge in [0.1, 0.15) is 5.82 Å². The topological polar surface area (TPSA) is 57.8 Å². The van der Waals surface area contributed by atoms with Gasteiger partial charge in [0, 0.05) is 24.4 Å². The zero-order valence-electron chi connectivity index (χ0n) is 9.26. The summed E-state index contributed by atoms with van der Waals surface area (Å²) in [5.74, 6) is 1.08. The Balaban J connectivity index is 2.49. The summed E-state index contributed by atoms with van der Waals surface area (Å²) in [6.45, 7) is 5.87. The summed E-state index contributed by atoms with van der Waals surface area (Å²) in [5, 5.41) is 3.28. The van der Waals surface area contributed by atoms with Crippen LogP contribution in [-0.4, -0.2) is 23.1 Å². The third kappa shape index (κ3) is 2.09. The van der Waals surface area contributed by atoms with Crippen LogP contribution in [0.4, 0.5) is 0 Å². The van der Waals surface area contributed by atoms with E-state index in [1.807, 2.05) is 13.8 Å². The molecular weight excluding hydrogens is 190 g/mol. The molecule has 0 spiro atoms. The number of rotatable bonds is 1. The van der Waals surface area contributed by atoms with E-state index in [-0.39, 0.29) is 11.5 Å². The van der Waals surface area contributed by atoms with Crippen LogP contribution in [0, 0.1) is 0 Å². The molecule has 1 aliphatic heterocycles. The molecule has 15 heavy (non-hydrogen) atoms. The van der Waals surface area contributed by atoms with Crippen molar-refractivity contribution >= 4 is 0 Å². The van der Waals surface area contributed by atoms with Crippen LogP contribution in [0.2, 0.25) is 0 Å². The van der Waals surface area contributed by atoms with Crippen LogP contribution >= 0.6 is 0 Å². The maximum absolute atomic E-state index is 11.8. The molecule has 2 N–H and O–H groups in total. The van der Waals surface area contributed by atoms with Crippen LogP contribution in [0.1, 0.15) is 36.8 Å².